The summed E-state index contributed by atoms with van der Waals surface area (Å²) in [6.07, 6.45) is 21.7. The molecular formula is C116H84F4N10. The molecule has 130 heavy (non-hydrogen) atoms. The number of fused-ring (bicyclic) bond motifs is 15. The van der Waals surface area contributed by atoms with E-state index in [0.29, 0.717) is 44.9 Å². The molecule has 26 rings (SSSR count). The minimum atomic E-state index is -1.47. The molecule has 0 atom stereocenters. The first kappa shape index (κ1) is 77.7. The van der Waals surface area contributed by atoms with Gasteiger partial charge in [0.2, 0.25) is 0 Å². The minimum Gasteiger partial charge on any atom is -0.309 e. The van der Waals surface area contributed by atoms with Gasteiger partial charge in [0.15, 0.2) is 23.3 Å². The summed E-state index contributed by atoms with van der Waals surface area (Å²) in [4.78, 5) is 4.82. The normalized spacial score (nSPS) is 13.5. The van der Waals surface area contributed by atoms with Gasteiger partial charge in [-0.3, -0.25) is 4.98 Å². The number of hydrogen-bond donors (Lipinski definition) is 0. The number of para-hydroxylation sites is 4. The third-order valence-electron chi connectivity index (χ3n) is 27.2. The molecule has 10 heterocycles. The Morgan fingerprint density at radius 1 is 0.238 bits per heavy atom. The van der Waals surface area contributed by atoms with Crippen molar-refractivity contribution in [2.75, 3.05) is 0 Å². The van der Waals surface area contributed by atoms with E-state index in [1.165, 1.54) is 163 Å². The summed E-state index contributed by atoms with van der Waals surface area (Å²) < 4.78 is 74.7. The molecule has 10 aromatic heterocycles. The zero-order valence-electron chi connectivity index (χ0n) is 71.0. The molecule has 0 bridgehead atoms. The lowest BCUT2D eigenvalue weighted by Crippen LogP contribution is -2.09. The smallest absolute Gasteiger partial charge is 0.186 e. The summed E-state index contributed by atoms with van der Waals surface area (Å²) in [5.41, 5.74) is 22.7. The molecule has 2 fully saturated rings. The Hall–Kier alpha value is -15.8. The zero-order chi connectivity index (χ0) is 86.6. The van der Waals surface area contributed by atoms with Crippen molar-refractivity contribution in [3.05, 3.63) is 411 Å². The number of benzene rings is 14. The van der Waals surface area contributed by atoms with Gasteiger partial charge in [-0.2, -0.15) is 15.3 Å². The van der Waals surface area contributed by atoms with E-state index >= 15 is 17.6 Å². The van der Waals surface area contributed by atoms with E-state index in [9.17, 15) is 0 Å². The number of nitrogens with zero attached hydrogens (tertiary/aromatic N) is 10. The van der Waals surface area contributed by atoms with Gasteiger partial charge in [-0.05, 0) is 191 Å². The van der Waals surface area contributed by atoms with Crippen LogP contribution in [0.5, 0.6) is 0 Å². The Labute approximate surface area is 746 Å². The highest BCUT2D eigenvalue weighted by Gasteiger charge is 2.31. The average Bonchev–Trinajstić information content (AvgIpc) is 1.57. The second-order valence-corrected chi connectivity index (χ2v) is 34.9. The van der Waals surface area contributed by atoms with Gasteiger partial charge in [0, 0.05) is 112 Å². The van der Waals surface area contributed by atoms with Crippen molar-refractivity contribution in [3.8, 4) is 84.3 Å². The lowest BCUT2D eigenvalue weighted by atomic mass is 9.83. The van der Waals surface area contributed by atoms with Crippen LogP contribution in [0.4, 0.5) is 17.6 Å². The fourth-order valence-electron chi connectivity index (χ4n) is 20.5. The maximum absolute atomic E-state index is 15.8. The van der Waals surface area contributed by atoms with E-state index in [2.05, 4.69) is 269 Å². The summed E-state index contributed by atoms with van der Waals surface area (Å²) in [6, 6.07) is 120. The summed E-state index contributed by atoms with van der Waals surface area (Å²) in [5.74, 6) is -4.44. The first-order valence-electron chi connectivity index (χ1n) is 45.0. The van der Waals surface area contributed by atoms with Crippen LogP contribution >= 0.6 is 0 Å². The van der Waals surface area contributed by atoms with Crippen molar-refractivity contribution < 1.29 is 17.6 Å². The van der Waals surface area contributed by atoms with Gasteiger partial charge in [0.25, 0.3) is 0 Å². The highest BCUT2D eigenvalue weighted by atomic mass is 19.2. The average molecular weight is 1690 g/mol. The van der Waals surface area contributed by atoms with Crippen molar-refractivity contribution in [1.82, 2.24) is 47.5 Å². The molecule has 10 nitrogen and oxygen atoms in total. The predicted molar refractivity (Wildman–Crippen MR) is 523 cm³/mol. The second-order valence-electron chi connectivity index (χ2n) is 34.9. The third kappa shape index (κ3) is 13.8. The standard InChI is InChI=1S/C41H39N3.C40H26N4.C35H19F4N3/c1-3-9-28(10-4-1)32-17-21-40-37(24-32)38-25-33(29-11-5-2-6-12-29)18-22-41(38)44(40)35-19-15-30(16-20-35)39-26-36-23-31-13-7-8-14-34(31)27-43(36)42-39;1-2-8-32-26-43-34(23-30(32)7-1)24-38(42-43)29-15-13-28(14-16-29)37-22-19-31(25-41-37)27-17-20-33(21-18-27)44-39-11-5-3-9-35(39)36-10-4-6-12-40(36)44;36-31-30(21-15-13-20(14-16-21)27-18-24-17-22-7-1-2-8-23(22)19-41(24)40-27)32(37)34(39)35(33(31)38)42-28-11-5-3-9-25(28)26-10-4-6-12-29(26)42/h7-8,13-29H,1-6,9-12H2;1-26H;1-19H. The number of rotatable bonds is 11. The summed E-state index contributed by atoms with van der Waals surface area (Å²) in [6.45, 7) is 0. The van der Waals surface area contributed by atoms with Crippen LogP contribution in [0.1, 0.15) is 87.2 Å². The van der Waals surface area contributed by atoms with Crippen LogP contribution in [0.2, 0.25) is 0 Å². The van der Waals surface area contributed by atoms with Crippen molar-refractivity contribution >= 4 is 114 Å². The largest absolute Gasteiger partial charge is 0.309 e. The minimum absolute atomic E-state index is 0.00910. The maximum atomic E-state index is 15.8. The zero-order valence-corrected chi connectivity index (χ0v) is 71.0. The molecule has 2 aliphatic carbocycles. The van der Waals surface area contributed by atoms with Gasteiger partial charge in [0.05, 0.1) is 78.0 Å². The van der Waals surface area contributed by atoms with Gasteiger partial charge in [-0.1, -0.05) is 275 Å². The molecule has 0 aliphatic heterocycles. The third-order valence-corrected chi connectivity index (χ3v) is 27.2. The Bertz CT molecular complexity index is 8170. The van der Waals surface area contributed by atoms with Crippen LogP contribution in [0.15, 0.2) is 377 Å². The molecule has 626 valence electrons. The fourth-order valence-corrected chi connectivity index (χ4v) is 20.5. The Balaban J connectivity index is 0.000000108. The van der Waals surface area contributed by atoms with E-state index in [1.807, 2.05) is 57.8 Å². The van der Waals surface area contributed by atoms with Gasteiger partial charge in [-0.15, -0.1) is 0 Å². The lowest BCUT2D eigenvalue weighted by molar-refractivity contribution is 0.444. The van der Waals surface area contributed by atoms with E-state index in [1.54, 1.807) is 65.2 Å². The Kier molecular flexibility index (Phi) is 19.3. The van der Waals surface area contributed by atoms with E-state index < -0.39 is 34.5 Å². The summed E-state index contributed by atoms with van der Waals surface area (Å²) in [5, 5.41) is 28.2. The van der Waals surface area contributed by atoms with Crippen LogP contribution in [-0.2, 0) is 0 Å². The van der Waals surface area contributed by atoms with E-state index in [-0.39, 0.29) is 5.56 Å². The molecule has 0 radical (unpaired) electrons. The molecular weight excluding hydrogens is 1610 g/mol. The molecule has 14 aromatic carbocycles. The number of hydrogen-bond acceptors (Lipinski definition) is 4. The van der Waals surface area contributed by atoms with Crippen LogP contribution in [0, 0.1) is 23.3 Å². The monoisotopic (exact) mass is 1690 g/mol. The molecule has 14 heteroatoms. The molecule has 0 amide bonds. The van der Waals surface area contributed by atoms with Gasteiger partial charge in [0.1, 0.15) is 5.69 Å². The fraction of sp³-hybridized carbons (Fsp3) is 0.103. The van der Waals surface area contributed by atoms with Crippen LogP contribution in [0.3, 0.4) is 0 Å². The van der Waals surface area contributed by atoms with Crippen LogP contribution in [0.25, 0.3) is 199 Å². The molecule has 24 aromatic rings. The number of pyridine rings is 4. The first-order valence-corrected chi connectivity index (χ1v) is 45.0. The SMILES string of the molecule is Fc1c(F)c(-n2c3ccccc3c3ccccc32)c(F)c(F)c1-c1ccc(-c2cc3cc4ccccc4cn3n2)cc1.c1ccc2cn3nc(-c4ccc(-c5ccc(-c6ccc(-n7c8ccccc8c8ccccc87)cc6)cn5)cc4)cc3cc2c1.c1ccc2cn3nc(-c4ccc(-n5c6ccc(C7CCCCC7)cc6c6cc(C7CCCCC7)ccc65)cc4)cc3cc2c1. The van der Waals surface area contributed by atoms with Crippen molar-refractivity contribution in [2.24, 2.45) is 0 Å². The van der Waals surface area contributed by atoms with Crippen molar-refractivity contribution in [3.63, 3.8) is 0 Å². The van der Waals surface area contributed by atoms with Crippen LogP contribution in [-0.4, -0.2) is 47.5 Å². The first-order chi connectivity index (χ1) is 64.1. The van der Waals surface area contributed by atoms with E-state index in [4.69, 9.17) is 15.2 Å². The second kappa shape index (κ2) is 32.3. The molecule has 0 N–H and O–H groups in total. The van der Waals surface area contributed by atoms with Crippen molar-refractivity contribution in [1.29, 1.82) is 0 Å². The van der Waals surface area contributed by atoms with Crippen molar-refractivity contribution in [2.45, 2.75) is 76.0 Å². The molecule has 0 saturated heterocycles. The highest BCUT2D eigenvalue weighted by molar-refractivity contribution is 6.12. The van der Waals surface area contributed by atoms with E-state index in [0.717, 1.165) is 77.9 Å². The summed E-state index contributed by atoms with van der Waals surface area (Å²) >= 11 is 0. The molecule has 0 spiro atoms. The van der Waals surface area contributed by atoms with Gasteiger partial charge >= 0.3 is 0 Å². The highest BCUT2D eigenvalue weighted by Crippen LogP contribution is 2.45. The Morgan fingerprint density at radius 2 is 0.554 bits per heavy atom. The molecule has 0 unspecified atom stereocenters. The molecule has 2 aliphatic rings. The molecule has 2 saturated carbocycles. The number of aromatic nitrogens is 10. The predicted octanol–water partition coefficient (Wildman–Crippen LogP) is 30.8. The van der Waals surface area contributed by atoms with Gasteiger partial charge in [-0.25, -0.2) is 31.1 Å². The summed E-state index contributed by atoms with van der Waals surface area (Å²) in [7, 11) is 0. The topological polar surface area (TPSA) is 79.6 Å². The number of halogens is 4. The lowest BCUT2D eigenvalue weighted by Gasteiger charge is -2.22. The van der Waals surface area contributed by atoms with Gasteiger partial charge < -0.3 is 13.7 Å². The van der Waals surface area contributed by atoms with Crippen LogP contribution < -0.4 is 0 Å². The maximum Gasteiger partial charge on any atom is 0.186 e. The quantitative estimate of drug-likeness (QED) is 0.0955. The Morgan fingerprint density at radius 3 is 0.931 bits per heavy atom.